The molecule has 7 heteroatoms. The number of ketones is 1. The number of fused-ring (bicyclic) bond motifs is 4. The number of carbonyl (C=O) groups excluding carboxylic acids is 1. The van der Waals surface area contributed by atoms with Gasteiger partial charge in [0.05, 0.1) is 22.9 Å². The number of rotatable bonds is 1. The van der Waals surface area contributed by atoms with Crippen molar-refractivity contribution in [2.45, 2.75) is 19.3 Å². The third-order valence-corrected chi connectivity index (χ3v) is 6.70. The molecular formula is C20H19N5OS. The summed E-state index contributed by atoms with van der Waals surface area (Å²) >= 11 is 1.51. The largest absolute Gasteiger partial charge is 0.357 e. The summed E-state index contributed by atoms with van der Waals surface area (Å²) in [5.74, 6) is 0.0363. The van der Waals surface area contributed by atoms with Gasteiger partial charge in [0.15, 0.2) is 5.13 Å². The third kappa shape index (κ3) is 2.27. The number of benzene rings is 1. The molecule has 1 aliphatic heterocycles. The van der Waals surface area contributed by atoms with Crippen LogP contribution in [-0.4, -0.2) is 41.9 Å². The smallest absolute Gasteiger partial charge is 0.207 e. The maximum absolute atomic E-state index is 13.4. The van der Waals surface area contributed by atoms with Crippen LogP contribution < -0.4 is 10.2 Å². The molecule has 0 saturated carbocycles. The molecule has 5 rings (SSSR count). The zero-order valence-electron chi connectivity index (χ0n) is 15.2. The number of hydrogen-bond acceptors (Lipinski definition) is 6. The first kappa shape index (κ1) is 16.5. The minimum Gasteiger partial charge on any atom is -0.357 e. The Balaban J connectivity index is 1.68. The van der Waals surface area contributed by atoms with Gasteiger partial charge in [-0.3, -0.25) is 4.79 Å². The lowest BCUT2D eigenvalue weighted by molar-refractivity contribution is 0.103. The predicted molar refractivity (Wildman–Crippen MR) is 106 cm³/mol. The van der Waals surface area contributed by atoms with Gasteiger partial charge in [0, 0.05) is 48.2 Å². The molecule has 3 heterocycles. The topological polar surface area (TPSA) is 84.8 Å². The zero-order valence-corrected chi connectivity index (χ0v) is 16.0. The summed E-state index contributed by atoms with van der Waals surface area (Å²) in [5, 5.41) is 14.3. The fourth-order valence-corrected chi connectivity index (χ4v) is 5.30. The molecule has 3 aromatic rings. The number of carbonyl (C=O) groups is 1. The maximum atomic E-state index is 13.4. The Morgan fingerprint density at radius 3 is 2.81 bits per heavy atom. The van der Waals surface area contributed by atoms with Gasteiger partial charge in [0.2, 0.25) is 5.78 Å². The number of aromatic amines is 1. The summed E-state index contributed by atoms with van der Waals surface area (Å²) in [7, 11) is 0. The van der Waals surface area contributed by atoms with Crippen molar-refractivity contribution in [1.82, 2.24) is 15.3 Å². The van der Waals surface area contributed by atoms with Crippen LogP contribution in [-0.2, 0) is 5.41 Å². The van der Waals surface area contributed by atoms with E-state index in [9.17, 15) is 4.79 Å². The molecule has 6 nitrogen and oxygen atoms in total. The second-order valence-corrected chi connectivity index (χ2v) is 8.59. The van der Waals surface area contributed by atoms with Crippen molar-refractivity contribution in [2.75, 3.05) is 31.1 Å². The van der Waals surface area contributed by atoms with Crippen molar-refractivity contribution in [3.8, 4) is 6.07 Å². The predicted octanol–water partition coefficient (Wildman–Crippen LogP) is 2.78. The molecule has 2 aliphatic rings. The van der Waals surface area contributed by atoms with E-state index in [1.165, 1.54) is 11.3 Å². The number of H-pyrrole nitrogens is 1. The van der Waals surface area contributed by atoms with Gasteiger partial charge in [-0.15, -0.1) is 0 Å². The van der Waals surface area contributed by atoms with Gasteiger partial charge >= 0.3 is 0 Å². The normalized spacial score (nSPS) is 18.3. The summed E-state index contributed by atoms with van der Waals surface area (Å²) in [4.78, 5) is 24.7. The maximum Gasteiger partial charge on any atom is 0.207 e. The first-order chi connectivity index (χ1) is 13.0. The van der Waals surface area contributed by atoms with Crippen molar-refractivity contribution < 1.29 is 4.79 Å². The highest BCUT2D eigenvalue weighted by Crippen LogP contribution is 2.46. The number of piperazine rings is 1. The van der Waals surface area contributed by atoms with E-state index < -0.39 is 5.41 Å². The lowest BCUT2D eigenvalue weighted by atomic mass is 9.77. The SMILES string of the molecule is CC1(C)c2nc(N3CCNCC3)sc2C(=O)c2c1[nH]c1cc(C#N)ccc21. The Morgan fingerprint density at radius 2 is 2.07 bits per heavy atom. The Morgan fingerprint density at radius 1 is 1.30 bits per heavy atom. The van der Waals surface area contributed by atoms with Crippen molar-refractivity contribution in [1.29, 1.82) is 5.26 Å². The van der Waals surface area contributed by atoms with Crippen molar-refractivity contribution in [2.24, 2.45) is 0 Å². The molecule has 0 spiro atoms. The second-order valence-electron chi connectivity index (χ2n) is 7.61. The fraction of sp³-hybridized carbons (Fsp3) is 0.350. The highest BCUT2D eigenvalue weighted by molar-refractivity contribution is 7.18. The van der Waals surface area contributed by atoms with E-state index in [1.807, 2.05) is 12.1 Å². The average Bonchev–Trinajstić information content (AvgIpc) is 3.30. The number of nitriles is 1. The van der Waals surface area contributed by atoms with Gasteiger partial charge in [-0.05, 0) is 26.0 Å². The Labute approximate surface area is 160 Å². The zero-order chi connectivity index (χ0) is 18.8. The Hall–Kier alpha value is -2.69. The summed E-state index contributed by atoms with van der Waals surface area (Å²) in [6, 6.07) is 7.62. The summed E-state index contributed by atoms with van der Waals surface area (Å²) in [6.45, 7) is 7.91. The van der Waals surface area contributed by atoms with Gasteiger partial charge in [0.1, 0.15) is 4.88 Å². The van der Waals surface area contributed by atoms with Crippen LogP contribution in [0, 0.1) is 11.3 Å². The van der Waals surface area contributed by atoms with Crippen LogP contribution in [0.5, 0.6) is 0 Å². The molecule has 0 atom stereocenters. The van der Waals surface area contributed by atoms with E-state index in [4.69, 9.17) is 10.2 Å². The van der Waals surface area contributed by atoms with Gasteiger partial charge in [-0.1, -0.05) is 17.4 Å². The number of aromatic nitrogens is 2. The van der Waals surface area contributed by atoms with Crippen molar-refractivity contribution in [3.05, 3.63) is 45.6 Å². The van der Waals surface area contributed by atoms with Gasteiger partial charge in [-0.25, -0.2) is 4.98 Å². The molecular weight excluding hydrogens is 358 g/mol. The van der Waals surface area contributed by atoms with Gasteiger partial charge in [0.25, 0.3) is 0 Å². The minimum atomic E-state index is -0.396. The van der Waals surface area contributed by atoms with Crippen LogP contribution in [0.4, 0.5) is 5.13 Å². The number of nitrogens with one attached hydrogen (secondary N) is 2. The quantitative estimate of drug-likeness (QED) is 0.681. The molecule has 0 unspecified atom stereocenters. The first-order valence-electron chi connectivity index (χ1n) is 9.08. The van der Waals surface area contributed by atoms with Crippen LogP contribution >= 0.6 is 11.3 Å². The lowest BCUT2D eigenvalue weighted by Gasteiger charge is -2.28. The standard InChI is InChI=1S/C20H19N5OS/c1-20(2)17-14(12-4-3-11(10-21)9-13(12)23-17)15(26)16-18(20)24-19(27-16)25-7-5-22-6-8-25/h3-4,9,22-23H,5-8H2,1-2H3. The van der Waals surface area contributed by atoms with E-state index in [1.54, 1.807) is 6.07 Å². The molecule has 1 saturated heterocycles. The molecule has 0 amide bonds. The van der Waals surface area contributed by atoms with Crippen LogP contribution in [0.15, 0.2) is 18.2 Å². The molecule has 1 aliphatic carbocycles. The van der Waals surface area contributed by atoms with Gasteiger partial charge < -0.3 is 15.2 Å². The summed E-state index contributed by atoms with van der Waals surface area (Å²) < 4.78 is 0. The second kappa shape index (κ2) is 5.65. The molecule has 1 fully saturated rings. The Bertz CT molecular complexity index is 1130. The van der Waals surface area contributed by atoms with E-state index in [2.05, 4.69) is 35.1 Å². The van der Waals surface area contributed by atoms with Crippen molar-refractivity contribution >= 4 is 33.2 Å². The third-order valence-electron chi connectivity index (χ3n) is 5.58. The Kier molecular flexibility index (Phi) is 3.45. The van der Waals surface area contributed by atoms with Crippen LogP contribution in [0.3, 0.4) is 0 Å². The number of anilines is 1. The van der Waals surface area contributed by atoms with Gasteiger partial charge in [-0.2, -0.15) is 5.26 Å². The van der Waals surface area contributed by atoms with E-state index in [0.29, 0.717) is 5.56 Å². The highest BCUT2D eigenvalue weighted by atomic mass is 32.1. The molecule has 0 radical (unpaired) electrons. The summed E-state index contributed by atoms with van der Waals surface area (Å²) in [5.41, 5.74) is 3.49. The molecule has 2 aromatic heterocycles. The molecule has 2 N–H and O–H groups in total. The minimum absolute atomic E-state index is 0.0363. The lowest BCUT2D eigenvalue weighted by Crippen LogP contribution is -2.43. The van der Waals surface area contributed by atoms with Crippen LogP contribution in [0.25, 0.3) is 10.9 Å². The highest BCUT2D eigenvalue weighted by Gasteiger charge is 2.43. The fourth-order valence-electron chi connectivity index (χ4n) is 4.08. The summed E-state index contributed by atoms with van der Waals surface area (Å²) in [6.07, 6.45) is 0. The van der Waals surface area contributed by atoms with Crippen LogP contribution in [0.1, 0.15) is 46.0 Å². The van der Waals surface area contributed by atoms with Crippen LogP contribution in [0.2, 0.25) is 0 Å². The first-order valence-corrected chi connectivity index (χ1v) is 9.90. The van der Waals surface area contributed by atoms with Crippen molar-refractivity contribution in [3.63, 3.8) is 0 Å². The molecule has 27 heavy (non-hydrogen) atoms. The van der Waals surface area contributed by atoms with E-state index in [-0.39, 0.29) is 5.78 Å². The number of thiazole rings is 1. The average molecular weight is 377 g/mol. The number of nitrogens with zero attached hydrogens (tertiary/aromatic N) is 3. The van der Waals surface area contributed by atoms with E-state index >= 15 is 0 Å². The monoisotopic (exact) mass is 377 g/mol. The molecule has 136 valence electrons. The number of hydrogen-bond donors (Lipinski definition) is 2. The molecule has 1 aromatic carbocycles. The van der Waals surface area contributed by atoms with E-state index in [0.717, 1.165) is 64.0 Å². The molecule has 0 bridgehead atoms.